The third kappa shape index (κ3) is 4.42. The Morgan fingerprint density at radius 1 is 1.35 bits per heavy atom. The molecule has 0 saturated heterocycles. The summed E-state index contributed by atoms with van der Waals surface area (Å²) in [5.74, 6) is 1.05. The summed E-state index contributed by atoms with van der Waals surface area (Å²) in [4.78, 5) is 10.9. The van der Waals surface area contributed by atoms with Crippen molar-refractivity contribution in [2.75, 3.05) is 13.7 Å². The van der Waals surface area contributed by atoms with Crippen molar-refractivity contribution in [1.82, 2.24) is 0 Å². The van der Waals surface area contributed by atoms with Gasteiger partial charge in [0.25, 0.3) is 0 Å². The van der Waals surface area contributed by atoms with Gasteiger partial charge in [-0.1, -0.05) is 20.8 Å². The number of hydrogen-bond acceptors (Lipinski definition) is 4. The Hall–Kier alpha value is -1.75. The summed E-state index contributed by atoms with van der Waals surface area (Å²) >= 11 is 0. The quantitative estimate of drug-likeness (QED) is 0.828. The first-order valence-corrected chi connectivity index (χ1v) is 6.62. The van der Waals surface area contributed by atoms with Gasteiger partial charge >= 0.3 is 0 Å². The molecular weight excluding hydrogens is 256 g/mol. The molecule has 1 aromatic rings. The zero-order chi connectivity index (χ0) is 15.3. The number of nitrogens with two attached hydrogens (primary N) is 2. The van der Waals surface area contributed by atoms with E-state index in [4.69, 9.17) is 20.9 Å². The molecule has 0 saturated carbocycles. The molecule has 0 heterocycles. The first kappa shape index (κ1) is 16.3. The molecule has 1 rings (SSSR count). The van der Waals surface area contributed by atoms with Crippen LogP contribution in [0.15, 0.2) is 18.2 Å². The number of hydrogen-bond donors (Lipinski definition) is 2. The predicted molar refractivity (Wildman–Crippen MR) is 79.0 cm³/mol. The monoisotopic (exact) mass is 280 g/mol. The van der Waals surface area contributed by atoms with Crippen LogP contribution in [-0.4, -0.2) is 25.7 Å². The van der Waals surface area contributed by atoms with Crippen molar-refractivity contribution in [2.45, 2.75) is 38.6 Å². The van der Waals surface area contributed by atoms with E-state index >= 15 is 0 Å². The fourth-order valence-corrected chi connectivity index (χ4v) is 1.79. The third-order valence-corrected chi connectivity index (χ3v) is 3.05. The molecule has 0 fully saturated rings. The standard InChI is InChI=1S/C15H24N2O3/c1-15(2,3)11-9-10(19-4)5-6-13(11)20-8-7-12(16)14(17)18/h5-6,9,12H,7-8,16H2,1-4H3,(H2,17,18). The molecule has 20 heavy (non-hydrogen) atoms. The summed E-state index contributed by atoms with van der Waals surface area (Å²) in [6.45, 7) is 6.65. The lowest BCUT2D eigenvalue weighted by atomic mass is 9.86. The summed E-state index contributed by atoms with van der Waals surface area (Å²) in [5, 5.41) is 0. The van der Waals surface area contributed by atoms with Crippen molar-refractivity contribution in [3.8, 4) is 11.5 Å². The van der Waals surface area contributed by atoms with E-state index in [1.54, 1.807) is 7.11 Å². The molecule has 5 heteroatoms. The van der Waals surface area contributed by atoms with Gasteiger partial charge in [-0.05, 0) is 23.6 Å². The highest BCUT2D eigenvalue weighted by atomic mass is 16.5. The van der Waals surface area contributed by atoms with Crippen molar-refractivity contribution in [2.24, 2.45) is 11.5 Å². The molecule has 5 nitrogen and oxygen atoms in total. The topological polar surface area (TPSA) is 87.6 Å². The molecule has 112 valence electrons. The number of carbonyl (C=O) groups excluding carboxylic acids is 1. The molecule has 0 radical (unpaired) electrons. The summed E-state index contributed by atoms with van der Waals surface area (Å²) in [7, 11) is 1.63. The van der Waals surface area contributed by atoms with Crippen LogP contribution in [0.4, 0.5) is 0 Å². The van der Waals surface area contributed by atoms with Crippen molar-refractivity contribution in [1.29, 1.82) is 0 Å². The Balaban J connectivity index is 2.81. The zero-order valence-electron chi connectivity index (χ0n) is 12.6. The van der Waals surface area contributed by atoms with Gasteiger partial charge in [0.2, 0.25) is 5.91 Å². The van der Waals surface area contributed by atoms with E-state index in [0.29, 0.717) is 13.0 Å². The molecule has 0 aliphatic heterocycles. The summed E-state index contributed by atoms with van der Waals surface area (Å²) < 4.78 is 11.0. The lowest BCUT2D eigenvalue weighted by Gasteiger charge is -2.23. The van der Waals surface area contributed by atoms with Crippen molar-refractivity contribution < 1.29 is 14.3 Å². The van der Waals surface area contributed by atoms with Gasteiger partial charge in [-0.3, -0.25) is 4.79 Å². The Labute approximate surface area is 120 Å². The van der Waals surface area contributed by atoms with E-state index in [1.165, 1.54) is 0 Å². The number of primary amides is 1. The molecule has 4 N–H and O–H groups in total. The molecule has 1 aromatic carbocycles. The molecule has 0 aliphatic rings. The number of rotatable bonds is 6. The minimum Gasteiger partial charge on any atom is -0.497 e. The first-order valence-electron chi connectivity index (χ1n) is 6.62. The van der Waals surface area contributed by atoms with Gasteiger partial charge in [0.1, 0.15) is 11.5 Å². The largest absolute Gasteiger partial charge is 0.497 e. The number of methoxy groups -OCH3 is 1. The van der Waals surface area contributed by atoms with E-state index in [1.807, 2.05) is 18.2 Å². The smallest absolute Gasteiger partial charge is 0.234 e. The minimum absolute atomic E-state index is 0.0737. The van der Waals surface area contributed by atoms with Gasteiger partial charge in [-0.25, -0.2) is 0 Å². The SMILES string of the molecule is COc1ccc(OCCC(N)C(N)=O)c(C(C)(C)C)c1. The van der Waals surface area contributed by atoms with E-state index in [-0.39, 0.29) is 5.41 Å². The third-order valence-electron chi connectivity index (χ3n) is 3.05. The van der Waals surface area contributed by atoms with Crippen LogP contribution in [0.25, 0.3) is 0 Å². The summed E-state index contributed by atoms with van der Waals surface area (Å²) in [6.07, 6.45) is 0.394. The van der Waals surface area contributed by atoms with Crippen LogP contribution in [0.1, 0.15) is 32.8 Å². The Morgan fingerprint density at radius 2 is 2.00 bits per heavy atom. The Morgan fingerprint density at radius 3 is 2.50 bits per heavy atom. The maximum absolute atomic E-state index is 10.9. The second-order valence-corrected chi connectivity index (χ2v) is 5.76. The Bertz CT molecular complexity index is 467. The van der Waals surface area contributed by atoms with E-state index in [9.17, 15) is 4.79 Å². The number of benzene rings is 1. The molecule has 1 amide bonds. The van der Waals surface area contributed by atoms with Gasteiger partial charge in [0, 0.05) is 12.0 Å². The number of carbonyl (C=O) groups is 1. The second-order valence-electron chi connectivity index (χ2n) is 5.76. The zero-order valence-corrected chi connectivity index (χ0v) is 12.6. The Kier molecular flexibility index (Phi) is 5.39. The molecule has 0 aliphatic carbocycles. The average molecular weight is 280 g/mol. The average Bonchev–Trinajstić information content (AvgIpc) is 2.37. The molecule has 0 spiro atoms. The van der Waals surface area contributed by atoms with Crippen LogP contribution in [0.3, 0.4) is 0 Å². The normalized spacial score (nSPS) is 12.8. The van der Waals surface area contributed by atoms with Gasteiger partial charge in [0.15, 0.2) is 0 Å². The van der Waals surface area contributed by atoms with E-state index in [2.05, 4.69) is 20.8 Å². The predicted octanol–water partition coefficient (Wildman–Crippen LogP) is 1.57. The molecule has 0 bridgehead atoms. The summed E-state index contributed by atoms with van der Waals surface area (Å²) in [6, 6.07) is 5.00. The van der Waals surface area contributed by atoms with Gasteiger partial charge in [-0.15, -0.1) is 0 Å². The first-order chi connectivity index (χ1) is 9.25. The van der Waals surface area contributed by atoms with Crippen LogP contribution < -0.4 is 20.9 Å². The lowest BCUT2D eigenvalue weighted by molar-refractivity contribution is -0.119. The van der Waals surface area contributed by atoms with Crippen LogP contribution in [-0.2, 0) is 10.2 Å². The van der Waals surface area contributed by atoms with Crippen LogP contribution in [0.5, 0.6) is 11.5 Å². The summed E-state index contributed by atoms with van der Waals surface area (Å²) in [5.41, 5.74) is 11.7. The molecule has 1 atom stereocenters. The highest BCUT2D eigenvalue weighted by Gasteiger charge is 2.20. The highest BCUT2D eigenvalue weighted by molar-refractivity contribution is 5.79. The van der Waals surface area contributed by atoms with Crippen molar-refractivity contribution in [3.63, 3.8) is 0 Å². The fraction of sp³-hybridized carbons (Fsp3) is 0.533. The van der Waals surface area contributed by atoms with Crippen LogP contribution in [0, 0.1) is 0 Å². The molecule has 1 unspecified atom stereocenters. The lowest BCUT2D eigenvalue weighted by Crippen LogP contribution is -2.37. The van der Waals surface area contributed by atoms with Crippen molar-refractivity contribution >= 4 is 5.91 Å². The van der Waals surface area contributed by atoms with E-state index < -0.39 is 11.9 Å². The maximum atomic E-state index is 10.9. The maximum Gasteiger partial charge on any atom is 0.234 e. The number of ether oxygens (including phenoxy) is 2. The van der Waals surface area contributed by atoms with Crippen LogP contribution >= 0.6 is 0 Å². The highest BCUT2D eigenvalue weighted by Crippen LogP contribution is 2.34. The second kappa shape index (κ2) is 6.61. The van der Waals surface area contributed by atoms with Crippen LogP contribution in [0.2, 0.25) is 0 Å². The van der Waals surface area contributed by atoms with Gasteiger partial charge < -0.3 is 20.9 Å². The minimum atomic E-state index is -0.675. The molecular formula is C15H24N2O3. The van der Waals surface area contributed by atoms with Crippen molar-refractivity contribution in [3.05, 3.63) is 23.8 Å². The van der Waals surface area contributed by atoms with Gasteiger partial charge in [0.05, 0.1) is 19.8 Å². The molecule has 0 aromatic heterocycles. The fourth-order valence-electron chi connectivity index (χ4n) is 1.79. The van der Waals surface area contributed by atoms with Gasteiger partial charge in [-0.2, -0.15) is 0 Å². The number of amides is 1. The van der Waals surface area contributed by atoms with E-state index in [0.717, 1.165) is 17.1 Å².